The van der Waals surface area contributed by atoms with Crippen LogP contribution in [-0.2, 0) is 20.7 Å². The highest BCUT2D eigenvalue weighted by Crippen LogP contribution is 2.51. The van der Waals surface area contributed by atoms with Crippen LogP contribution in [-0.4, -0.2) is 49.3 Å². The predicted octanol–water partition coefficient (Wildman–Crippen LogP) is 3.87. The predicted molar refractivity (Wildman–Crippen MR) is 129 cm³/mol. The number of nitrogens with zero attached hydrogens (tertiary/aromatic N) is 3. The minimum absolute atomic E-state index is 0.0300. The van der Waals surface area contributed by atoms with Crippen LogP contribution in [0.4, 0.5) is 5.13 Å². The molecule has 9 nitrogen and oxygen atoms in total. The van der Waals surface area contributed by atoms with Crippen LogP contribution in [0.15, 0.2) is 23.5 Å². The van der Waals surface area contributed by atoms with Gasteiger partial charge in [0.25, 0.3) is 5.91 Å². The third kappa shape index (κ3) is 3.74. The maximum Gasteiger partial charge on any atom is 0.296 e. The number of Topliss-reactive ketones (excluding diaryl/α,β-unsaturated/α-hetero) is 1. The Hall–Kier alpha value is -3.14. The van der Waals surface area contributed by atoms with Crippen molar-refractivity contribution in [2.75, 3.05) is 26.2 Å². The number of aryl methyl sites for hydroxylation is 1. The van der Waals surface area contributed by atoms with Gasteiger partial charge in [-0.15, -0.1) is 10.2 Å². The molecule has 1 fully saturated rings. The largest absolute Gasteiger partial charge is 0.493 e. The smallest absolute Gasteiger partial charge is 0.296 e. The summed E-state index contributed by atoms with van der Waals surface area (Å²) in [5.74, 6) is 1.18. The van der Waals surface area contributed by atoms with Gasteiger partial charge in [0.2, 0.25) is 10.9 Å². The number of methoxy groups -OCH3 is 3. The highest BCUT2D eigenvalue weighted by molar-refractivity contribution is 7.15. The number of carbonyl (C=O) groups excluding carboxylic acids is 2. The minimum Gasteiger partial charge on any atom is -0.493 e. The standard InChI is InChI=1S/C25H29N3O6S/c1-6-18-26-27-25(35-18)28-20(13-10-16(31-3)22(33-5)17(11-13)32-4)19-21(29)14-9-12(2)7-8-15(14)34-23(19)24(28)30/h10-12,14-15,20H,6-9H2,1-5H3. The third-order valence-corrected chi connectivity index (χ3v) is 8.14. The number of carbonyl (C=O) groups is 2. The van der Waals surface area contributed by atoms with E-state index >= 15 is 0 Å². The van der Waals surface area contributed by atoms with E-state index in [1.807, 2.05) is 6.92 Å². The van der Waals surface area contributed by atoms with Gasteiger partial charge >= 0.3 is 0 Å². The number of anilines is 1. The lowest BCUT2D eigenvalue weighted by molar-refractivity contribution is -0.132. The number of benzene rings is 1. The van der Waals surface area contributed by atoms with E-state index in [9.17, 15) is 9.59 Å². The van der Waals surface area contributed by atoms with Crippen LogP contribution < -0.4 is 19.1 Å². The van der Waals surface area contributed by atoms with E-state index in [0.717, 1.165) is 24.3 Å². The van der Waals surface area contributed by atoms with E-state index in [-0.39, 0.29) is 29.5 Å². The summed E-state index contributed by atoms with van der Waals surface area (Å²) in [5.41, 5.74) is 1.01. The molecule has 4 unspecified atom stereocenters. The van der Waals surface area contributed by atoms with Crippen LogP contribution in [0.25, 0.3) is 0 Å². The van der Waals surface area contributed by atoms with Crippen LogP contribution in [0.1, 0.15) is 49.7 Å². The number of hydrogen-bond donors (Lipinski definition) is 0. The van der Waals surface area contributed by atoms with E-state index in [4.69, 9.17) is 18.9 Å². The van der Waals surface area contributed by atoms with Crippen molar-refractivity contribution in [2.24, 2.45) is 11.8 Å². The minimum atomic E-state index is -0.741. The topological polar surface area (TPSA) is 100 Å². The van der Waals surface area contributed by atoms with Crippen LogP contribution >= 0.6 is 11.3 Å². The van der Waals surface area contributed by atoms with Gasteiger partial charge in [0, 0.05) is 0 Å². The van der Waals surface area contributed by atoms with E-state index in [0.29, 0.717) is 45.9 Å². The number of fused-ring (bicyclic) bond motifs is 1. The molecule has 3 heterocycles. The molecule has 0 saturated heterocycles. The molecule has 0 N–H and O–H groups in total. The average molecular weight is 500 g/mol. The highest BCUT2D eigenvalue weighted by atomic mass is 32.1. The van der Waals surface area contributed by atoms with Gasteiger partial charge in [0.05, 0.1) is 38.9 Å². The molecular weight excluding hydrogens is 470 g/mol. The Kier molecular flexibility index (Phi) is 6.16. The van der Waals surface area contributed by atoms with Gasteiger partial charge in [-0.1, -0.05) is 25.2 Å². The maximum atomic E-state index is 13.9. The molecule has 0 spiro atoms. The lowest BCUT2D eigenvalue weighted by Crippen LogP contribution is -2.41. The van der Waals surface area contributed by atoms with Crippen molar-refractivity contribution in [3.05, 3.63) is 34.0 Å². The summed E-state index contributed by atoms with van der Waals surface area (Å²) in [4.78, 5) is 29.3. The summed E-state index contributed by atoms with van der Waals surface area (Å²) < 4.78 is 22.9. The summed E-state index contributed by atoms with van der Waals surface area (Å²) in [5, 5.41) is 9.73. The van der Waals surface area contributed by atoms with Gasteiger partial charge in [-0.25, -0.2) is 0 Å². The molecule has 10 heteroatoms. The number of rotatable bonds is 6. The van der Waals surface area contributed by atoms with Crippen LogP contribution in [0.2, 0.25) is 0 Å². The molecule has 1 aromatic heterocycles. The zero-order valence-electron chi connectivity index (χ0n) is 20.5. The first-order valence-corrected chi connectivity index (χ1v) is 12.6. The molecule has 1 aliphatic carbocycles. The second-order valence-electron chi connectivity index (χ2n) is 9.16. The number of amides is 1. The van der Waals surface area contributed by atoms with Crippen molar-refractivity contribution in [3.8, 4) is 17.2 Å². The quantitative estimate of drug-likeness (QED) is 0.591. The lowest BCUT2D eigenvalue weighted by atomic mass is 9.74. The van der Waals surface area contributed by atoms with Crippen molar-refractivity contribution in [1.82, 2.24) is 10.2 Å². The molecular formula is C25H29N3O6S. The van der Waals surface area contributed by atoms with E-state index in [2.05, 4.69) is 17.1 Å². The summed E-state index contributed by atoms with van der Waals surface area (Å²) in [6, 6.07) is 2.80. The second-order valence-corrected chi connectivity index (χ2v) is 10.2. The first kappa shape index (κ1) is 23.6. The Morgan fingerprint density at radius 3 is 2.40 bits per heavy atom. The fourth-order valence-corrected chi connectivity index (χ4v) is 6.14. The molecule has 1 amide bonds. The Morgan fingerprint density at radius 1 is 1.09 bits per heavy atom. The molecule has 2 aromatic rings. The first-order valence-electron chi connectivity index (χ1n) is 11.8. The highest BCUT2D eigenvalue weighted by Gasteiger charge is 2.54. The number of ether oxygens (including phenoxy) is 4. The molecule has 35 heavy (non-hydrogen) atoms. The van der Waals surface area contributed by atoms with E-state index in [1.165, 1.54) is 37.6 Å². The molecule has 4 atom stereocenters. The SMILES string of the molecule is CCc1nnc(N2C(=O)C3=C(C(=O)C4CC(C)CCC4O3)C2c2cc(OC)c(OC)c(OC)c2)s1. The third-order valence-electron chi connectivity index (χ3n) is 7.08. The van der Waals surface area contributed by atoms with Gasteiger partial charge in [0.1, 0.15) is 11.1 Å². The molecule has 5 rings (SSSR count). The van der Waals surface area contributed by atoms with Crippen molar-refractivity contribution >= 4 is 28.2 Å². The Bertz CT molecular complexity index is 1180. The van der Waals surface area contributed by atoms with E-state index < -0.39 is 6.04 Å². The molecule has 1 aromatic carbocycles. The maximum absolute atomic E-state index is 13.9. The van der Waals surface area contributed by atoms with Crippen molar-refractivity contribution in [1.29, 1.82) is 0 Å². The van der Waals surface area contributed by atoms with E-state index in [1.54, 1.807) is 12.1 Å². The second kappa shape index (κ2) is 9.14. The lowest BCUT2D eigenvalue weighted by Gasteiger charge is -2.37. The van der Waals surface area contributed by atoms with Crippen molar-refractivity contribution < 1.29 is 28.5 Å². The average Bonchev–Trinajstić information content (AvgIpc) is 3.46. The summed E-state index contributed by atoms with van der Waals surface area (Å²) in [6.45, 7) is 4.14. The Morgan fingerprint density at radius 2 is 1.80 bits per heavy atom. The summed E-state index contributed by atoms with van der Waals surface area (Å²) in [7, 11) is 4.59. The normalized spacial score (nSPS) is 25.8. The van der Waals surface area contributed by atoms with Crippen LogP contribution in [0.5, 0.6) is 17.2 Å². The number of hydrogen-bond acceptors (Lipinski definition) is 9. The van der Waals surface area contributed by atoms with Crippen LogP contribution in [0, 0.1) is 11.8 Å². The fraction of sp³-hybridized carbons (Fsp3) is 0.520. The summed E-state index contributed by atoms with van der Waals surface area (Å²) >= 11 is 1.33. The monoisotopic (exact) mass is 499 g/mol. The molecule has 0 bridgehead atoms. The first-order chi connectivity index (χ1) is 16.9. The number of ketones is 1. The Balaban J connectivity index is 1.69. The molecule has 0 radical (unpaired) electrons. The molecule has 186 valence electrons. The molecule has 1 saturated carbocycles. The summed E-state index contributed by atoms with van der Waals surface area (Å²) in [6.07, 6.45) is 2.90. The van der Waals surface area contributed by atoms with Gasteiger partial charge in [-0.05, 0) is 49.3 Å². The zero-order chi connectivity index (χ0) is 24.9. The fourth-order valence-electron chi connectivity index (χ4n) is 5.33. The van der Waals surface area contributed by atoms with Gasteiger partial charge < -0.3 is 18.9 Å². The van der Waals surface area contributed by atoms with Gasteiger partial charge in [-0.2, -0.15) is 0 Å². The van der Waals surface area contributed by atoms with Crippen molar-refractivity contribution in [3.63, 3.8) is 0 Å². The Labute approximate surface area is 208 Å². The zero-order valence-corrected chi connectivity index (χ0v) is 21.3. The van der Waals surface area contributed by atoms with Crippen LogP contribution in [0.3, 0.4) is 0 Å². The molecule has 2 aliphatic heterocycles. The van der Waals surface area contributed by atoms with Gasteiger partial charge in [0.15, 0.2) is 23.0 Å². The number of aromatic nitrogens is 2. The molecule has 3 aliphatic rings. The van der Waals surface area contributed by atoms with Crippen molar-refractivity contribution in [2.45, 2.75) is 51.7 Å². The van der Waals surface area contributed by atoms with Gasteiger partial charge in [-0.3, -0.25) is 14.5 Å².